The second-order valence-electron chi connectivity index (χ2n) is 17.4. The first-order chi connectivity index (χ1) is 23.5. The molecule has 0 aromatic heterocycles. The number of phosphoric acid groups is 1. The first-order valence-corrected chi connectivity index (χ1v) is 22.4. The molecule has 298 valence electrons. The predicted molar refractivity (Wildman–Crippen MR) is 212 cm³/mol. The van der Waals surface area contributed by atoms with E-state index < -0.39 is 19.8 Å². The summed E-state index contributed by atoms with van der Waals surface area (Å²) in [6.07, 6.45) is 21.9. The number of phosphoric ester groups is 1. The Labute approximate surface area is 310 Å². The monoisotopic (exact) mass is 730 g/mol. The lowest BCUT2D eigenvalue weighted by Gasteiger charge is -2.19. The van der Waals surface area contributed by atoms with Crippen LogP contribution in [0.2, 0.25) is 0 Å². The fraction of sp³-hybridized carbons (Fsp3) is 0.952. The molecule has 0 aromatic rings. The average Bonchev–Trinajstić information content (AvgIpc) is 2.99. The molecule has 6 atom stereocenters. The van der Waals surface area contributed by atoms with Crippen LogP contribution in [0, 0.1) is 47.3 Å². The van der Waals surface area contributed by atoms with E-state index in [0.717, 1.165) is 62.2 Å². The summed E-state index contributed by atoms with van der Waals surface area (Å²) in [5, 5.41) is 0. The third kappa shape index (κ3) is 29.6. The molecule has 50 heavy (non-hydrogen) atoms. The summed E-state index contributed by atoms with van der Waals surface area (Å²) in [4.78, 5) is 25.5. The van der Waals surface area contributed by atoms with Gasteiger partial charge in [0, 0.05) is 19.4 Å². The van der Waals surface area contributed by atoms with Crippen molar-refractivity contribution in [2.75, 3.05) is 13.2 Å². The van der Waals surface area contributed by atoms with Crippen LogP contribution in [-0.2, 0) is 27.7 Å². The fourth-order valence-corrected chi connectivity index (χ4v) is 8.04. The van der Waals surface area contributed by atoms with Crippen LogP contribution in [0.5, 0.6) is 0 Å². The van der Waals surface area contributed by atoms with Crippen molar-refractivity contribution in [3.8, 4) is 0 Å². The molecular weight excluding hydrogens is 645 g/mol. The van der Waals surface area contributed by atoms with E-state index in [0.29, 0.717) is 11.8 Å². The Hall–Kier alpha value is -0.910. The Morgan fingerprint density at radius 1 is 0.460 bits per heavy atom. The van der Waals surface area contributed by atoms with Crippen LogP contribution in [0.15, 0.2) is 0 Å². The van der Waals surface area contributed by atoms with Crippen molar-refractivity contribution in [2.24, 2.45) is 53.1 Å². The molecule has 7 nitrogen and oxygen atoms in total. The Morgan fingerprint density at radius 2 is 0.720 bits per heavy atom. The molecule has 0 saturated carbocycles. The second-order valence-corrected chi connectivity index (χ2v) is 18.9. The van der Waals surface area contributed by atoms with Crippen LogP contribution >= 0.6 is 7.82 Å². The molecule has 6 unspecified atom stereocenters. The summed E-state index contributed by atoms with van der Waals surface area (Å²) in [5.74, 6) is 3.31. The van der Waals surface area contributed by atoms with E-state index in [-0.39, 0.29) is 37.8 Å². The molecule has 0 radical (unpaired) electrons. The van der Waals surface area contributed by atoms with Crippen molar-refractivity contribution >= 4 is 19.8 Å². The molecular formula is C42H84NO6P. The molecule has 0 spiro atoms. The Balaban J connectivity index is 4.42. The summed E-state index contributed by atoms with van der Waals surface area (Å²) in [7, 11) is -4.39. The SMILES string of the molecule is CC(C)CCCC(C)CCCC(C)CCCC(C)CC(=O)OP(=O)(OCCN)OC(=O)CC(C)CCCC(C)CCCC(C)CCCC(C)C. The number of carbonyl (C=O) groups is 2. The molecule has 0 aromatic carbocycles. The highest BCUT2D eigenvalue weighted by molar-refractivity contribution is 7.49. The summed E-state index contributed by atoms with van der Waals surface area (Å²) in [6, 6.07) is 0. The van der Waals surface area contributed by atoms with Gasteiger partial charge in [-0.3, -0.25) is 14.1 Å². The predicted octanol–water partition coefficient (Wildman–Crippen LogP) is 13.1. The van der Waals surface area contributed by atoms with Crippen molar-refractivity contribution in [1.29, 1.82) is 0 Å². The lowest BCUT2D eigenvalue weighted by atomic mass is 9.91. The van der Waals surface area contributed by atoms with Crippen LogP contribution < -0.4 is 5.73 Å². The van der Waals surface area contributed by atoms with E-state index in [1.165, 1.54) is 77.0 Å². The standard InChI is InChI=1S/C42H84NO6P/c1-33(2)17-11-19-35(5)21-13-23-37(7)25-15-27-39(9)31-41(44)48-50(46,47-30-29-43)49-42(45)32-40(10)28-16-26-38(8)24-14-22-36(6)20-12-18-34(3)4/h33-40H,11-32,43H2,1-10H3. The molecule has 0 aliphatic carbocycles. The molecule has 0 rings (SSSR count). The largest absolute Gasteiger partial charge is 0.592 e. The maximum atomic E-state index is 13.3. The smallest absolute Gasteiger partial charge is 0.361 e. The number of hydrogen-bond acceptors (Lipinski definition) is 7. The van der Waals surface area contributed by atoms with Crippen LogP contribution in [0.1, 0.15) is 198 Å². The van der Waals surface area contributed by atoms with E-state index in [2.05, 4.69) is 55.4 Å². The molecule has 0 heterocycles. The highest BCUT2D eigenvalue weighted by Crippen LogP contribution is 2.50. The topological polar surface area (TPSA) is 105 Å². The van der Waals surface area contributed by atoms with Gasteiger partial charge in [-0.1, -0.05) is 185 Å². The van der Waals surface area contributed by atoms with Crippen LogP contribution in [0.25, 0.3) is 0 Å². The van der Waals surface area contributed by atoms with Gasteiger partial charge < -0.3 is 14.8 Å². The third-order valence-corrected chi connectivity index (χ3v) is 11.7. The lowest BCUT2D eigenvalue weighted by Crippen LogP contribution is -2.17. The highest BCUT2D eigenvalue weighted by Gasteiger charge is 2.36. The van der Waals surface area contributed by atoms with Crippen molar-refractivity contribution < 1.29 is 27.7 Å². The van der Waals surface area contributed by atoms with Crippen LogP contribution in [0.3, 0.4) is 0 Å². The number of hydrogen-bond donors (Lipinski definition) is 1. The minimum absolute atomic E-state index is 0.0647. The van der Waals surface area contributed by atoms with Crippen LogP contribution in [0.4, 0.5) is 0 Å². The minimum Gasteiger partial charge on any atom is -0.361 e. The zero-order valence-electron chi connectivity index (χ0n) is 34.6. The van der Waals surface area contributed by atoms with E-state index in [4.69, 9.17) is 19.3 Å². The van der Waals surface area contributed by atoms with Gasteiger partial charge in [0.05, 0.1) is 6.61 Å². The summed E-state index contributed by atoms with van der Waals surface area (Å²) >= 11 is 0. The Bertz CT molecular complexity index is 831. The summed E-state index contributed by atoms with van der Waals surface area (Å²) in [6.45, 7) is 22.5. The van der Waals surface area contributed by atoms with E-state index >= 15 is 0 Å². The normalized spacial score (nSPS) is 16.8. The Morgan fingerprint density at radius 3 is 0.980 bits per heavy atom. The van der Waals surface area contributed by atoms with Gasteiger partial charge in [0.15, 0.2) is 0 Å². The van der Waals surface area contributed by atoms with Crippen molar-refractivity contribution in [3.63, 3.8) is 0 Å². The van der Waals surface area contributed by atoms with Gasteiger partial charge >= 0.3 is 19.8 Å². The third-order valence-electron chi connectivity index (χ3n) is 10.4. The zero-order valence-corrected chi connectivity index (χ0v) is 35.5. The van der Waals surface area contributed by atoms with Crippen molar-refractivity contribution in [1.82, 2.24) is 0 Å². The zero-order chi connectivity index (χ0) is 38.0. The molecule has 0 aliphatic heterocycles. The quantitative estimate of drug-likeness (QED) is 0.0670. The molecule has 0 saturated heterocycles. The lowest BCUT2D eigenvalue weighted by molar-refractivity contribution is -0.141. The molecule has 0 bridgehead atoms. The fourth-order valence-electron chi connectivity index (χ4n) is 6.92. The molecule has 0 aliphatic rings. The van der Waals surface area contributed by atoms with Crippen molar-refractivity contribution in [3.05, 3.63) is 0 Å². The van der Waals surface area contributed by atoms with E-state index in [9.17, 15) is 14.2 Å². The molecule has 8 heteroatoms. The maximum absolute atomic E-state index is 13.3. The number of rotatable bonds is 33. The minimum atomic E-state index is -4.39. The average molecular weight is 730 g/mol. The first kappa shape index (κ1) is 49.1. The van der Waals surface area contributed by atoms with Gasteiger partial charge in [-0.25, -0.2) is 4.57 Å². The van der Waals surface area contributed by atoms with E-state index in [1.807, 2.05) is 13.8 Å². The van der Waals surface area contributed by atoms with E-state index in [1.54, 1.807) is 0 Å². The second kappa shape index (κ2) is 29.5. The summed E-state index contributed by atoms with van der Waals surface area (Å²) in [5.41, 5.74) is 5.54. The number of carbonyl (C=O) groups excluding carboxylic acids is 2. The molecule has 0 amide bonds. The van der Waals surface area contributed by atoms with Gasteiger partial charge in [-0.05, 0) is 47.3 Å². The van der Waals surface area contributed by atoms with Gasteiger partial charge in [0.2, 0.25) is 0 Å². The van der Waals surface area contributed by atoms with Crippen LogP contribution in [-0.4, -0.2) is 25.1 Å². The molecule has 2 N–H and O–H groups in total. The number of nitrogens with two attached hydrogens (primary N) is 1. The Kier molecular flexibility index (Phi) is 29.0. The maximum Gasteiger partial charge on any atom is 0.592 e. The summed E-state index contributed by atoms with van der Waals surface area (Å²) < 4.78 is 28.9. The molecule has 0 fully saturated rings. The van der Waals surface area contributed by atoms with Crippen molar-refractivity contribution in [2.45, 2.75) is 198 Å². The van der Waals surface area contributed by atoms with Gasteiger partial charge in [-0.2, -0.15) is 0 Å². The van der Waals surface area contributed by atoms with Gasteiger partial charge in [0.25, 0.3) is 0 Å². The first-order valence-electron chi connectivity index (χ1n) is 20.9. The van der Waals surface area contributed by atoms with Gasteiger partial charge in [0.1, 0.15) is 0 Å². The van der Waals surface area contributed by atoms with Gasteiger partial charge in [-0.15, -0.1) is 0 Å². The highest BCUT2D eigenvalue weighted by atomic mass is 31.2.